The smallest absolute Gasteiger partial charge is 0.196 e. The first kappa shape index (κ1) is 13.8. The van der Waals surface area contributed by atoms with Gasteiger partial charge in [0.2, 0.25) is 0 Å². The zero-order valence-electron chi connectivity index (χ0n) is 11.0. The van der Waals surface area contributed by atoms with Crippen LogP contribution >= 0.6 is 0 Å². The Morgan fingerprint density at radius 1 is 1.47 bits per heavy atom. The average molecular weight is 239 g/mol. The van der Waals surface area contributed by atoms with Crippen molar-refractivity contribution < 1.29 is 13.9 Å². The van der Waals surface area contributed by atoms with Gasteiger partial charge in [0, 0.05) is 33.2 Å². The Hall–Kier alpha value is -1.29. The minimum atomic E-state index is -0.0486. The summed E-state index contributed by atoms with van der Waals surface area (Å²) in [5.74, 6) is 1.62. The summed E-state index contributed by atoms with van der Waals surface area (Å²) in [7, 11) is 1.68. The Labute approximate surface area is 103 Å². The molecule has 0 bridgehead atoms. The molecular weight excluding hydrogens is 218 g/mol. The second-order valence-electron chi connectivity index (χ2n) is 4.53. The molecule has 0 amide bonds. The van der Waals surface area contributed by atoms with Crippen molar-refractivity contribution in [3.63, 3.8) is 0 Å². The molecule has 0 aliphatic rings. The molecule has 0 N–H and O–H groups in total. The maximum Gasteiger partial charge on any atom is 0.196 e. The highest BCUT2D eigenvalue weighted by Crippen LogP contribution is 2.19. The lowest BCUT2D eigenvalue weighted by Gasteiger charge is -2.23. The van der Waals surface area contributed by atoms with Gasteiger partial charge in [-0.1, -0.05) is 13.8 Å². The predicted octanol–water partition coefficient (Wildman–Crippen LogP) is 2.59. The van der Waals surface area contributed by atoms with Crippen molar-refractivity contribution in [2.45, 2.75) is 20.8 Å². The van der Waals surface area contributed by atoms with Gasteiger partial charge in [-0.2, -0.15) is 0 Å². The molecule has 1 rings (SSSR count). The predicted molar refractivity (Wildman–Crippen MR) is 67.6 cm³/mol. The van der Waals surface area contributed by atoms with Crippen molar-refractivity contribution in [1.29, 1.82) is 0 Å². The molecule has 0 radical (unpaired) electrons. The van der Waals surface area contributed by atoms with E-state index < -0.39 is 0 Å². The summed E-state index contributed by atoms with van der Waals surface area (Å²) in [4.78, 5) is 13.3. The van der Waals surface area contributed by atoms with Gasteiger partial charge < -0.3 is 14.1 Å². The number of nitrogens with zero attached hydrogens (tertiary/aromatic N) is 1. The fourth-order valence-corrected chi connectivity index (χ4v) is 1.62. The molecule has 4 heteroatoms. The number of Topliss-reactive ketones (excluding diaryl/α,β-unsaturated/α-hetero) is 1. The van der Waals surface area contributed by atoms with Crippen LogP contribution in [0.2, 0.25) is 0 Å². The van der Waals surface area contributed by atoms with Crippen LogP contribution < -0.4 is 4.90 Å². The Morgan fingerprint density at radius 3 is 2.65 bits per heavy atom. The van der Waals surface area contributed by atoms with Gasteiger partial charge in [-0.3, -0.25) is 4.79 Å². The van der Waals surface area contributed by atoms with E-state index in [0.717, 1.165) is 19.0 Å². The monoisotopic (exact) mass is 239 g/mol. The second-order valence-corrected chi connectivity index (χ2v) is 4.53. The fourth-order valence-electron chi connectivity index (χ4n) is 1.62. The normalized spacial score (nSPS) is 10.9. The van der Waals surface area contributed by atoms with Gasteiger partial charge in [0.1, 0.15) is 0 Å². The topological polar surface area (TPSA) is 42.7 Å². The largest absolute Gasteiger partial charge is 0.437 e. The first-order valence-corrected chi connectivity index (χ1v) is 5.89. The highest BCUT2D eigenvalue weighted by molar-refractivity contribution is 5.91. The standard InChI is InChI=1S/C13H21NO3/c1-10(2)9-14(7-8-16-4)13-6-5-12(17-13)11(3)15/h5-6,10H,7-9H2,1-4H3. The number of carbonyl (C=O) groups excluding carboxylic acids is 1. The summed E-state index contributed by atoms with van der Waals surface area (Å²) in [5, 5.41) is 0. The molecule has 0 aliphatic heterocycles. The SMILES string of the molecule is COCCN(CC(C)C)c1ccc(C(C)=O)o1. The molecule has 0 fully saturated rings. The summed E-state index contributed by atoms with van der Waals surface area (Å²) < 4.78 is 10.6. The lowest BCUT2D eigenvalue weighted by molar-refractivity contribution is 0.0987. The van der Waals surface area contributed by atoms with Crippen LogP contribution in [0.1, 0.15) is 31.3 Å². The van der Waals surface area contributed by atoms with Gasteiger partial charge in [-0.25, -0.2) is 0 Å². The summed E-state index contributed by atoms with van der Waals surface area (Å²) in [6.45, 7) is 8.09. The van der Waals surface area contributed by atoms with Crippen molar-refractivity contribution in [3.05, 3.63) is 17.9 Å². The quantitative estimate of drug-likeness (QED) is 0.686. The van der Waals surface area contributed by atoms with Crippen LogP contribution in [0.15, 0.2) is 16.5 Å². The molecule has 4 nitrogen and oxygen atoms in total. The molecule has 96 valence electrons. The lowest BCUT2D eigenvalue weighted by atomic mass is 10.2. The third-order valence-corrected chi connectivity index (χ3v) is 2.40. The van der Waals surface area contributed by atoms with E-state index in [0.29, 0.717) is 18.3 Å². The van der Waals surface area contributed by atoms with E-state index in [2.05, 4.69) is 18.7 Å². The van der Waals surface area contributed by atoms with Crippen molar-refractivity contribution in [2.75, 3.05) is 31.7 Å². The molecule has 0 aliphatic carbocycles. The molecule has 0 spiro atoms. The van der Waals surface area contributed by atoms with Gasteiger partial charge in [-0.05, 0) is 12.0 Å². The first-order chi connectivity index (χ1) is 8.04. The summed E-state index contributed by atoms with van der Waals surface area (Å²) in [6.07, 6.45) is 0. The Bertz CT molecular complexity index is 357. The summed E-state index contributed by atoms with van der Waals surface area (Å²) >= 11 is 0. The number of methoxy groups -OCH3 is 1. The zero-order valence-corrected chi connectivity index (χ0v) is 11.0. The van der Waals surface area contributed by atoms with Gasteiger partial charge in [0.05, 0.1) is 6.61 Å². The number of ether oxygens (including phenoxy) is 1. The van der Waals surface area contributed by atoms with E-state index in [1.807, 2.05) is 6.07 Å². The van der Waals surface area contributed by atoms with Gasteiger partial charge in [0.15, 0.2) is 17.4 Å². The average Bonchev–Trinajstić information content (AvgIpc) is 2.72. The van der Waals surface area contributed by atoms with Crippen molar-refractivity contribution in [2.24, 2.45) is 5.92 Å². The number of carbonyl (C=O) groups is 1. The van der Waals surface area contributed by atoms with E-state index in [-0.39, 0.29) is 5.78 Å². The van der Waals surface area contributed by atoms with E-state index in [4.69, 9.17) is 9.15 Å². The van der Waals surface area contributed by atoms with Crippen LogP contribution in [0.25, 0.3) is 0 Å². The lowest BCUT2D eigenvalue weighted by Crippen LogP contribution is -2.30. The number of hydrogen-bond donors (Lipinski definition) is 0. The van der Waals surface area contributed by atoms with E-state index >= 15 is 0 Å². The number of anilines is 1. The van der Waals surface area contributed by atoms with Crippen LogP contribution in [0, 0.1) is 5.92 Å². The zero-order chi connectivity index (χ0) is 12.8. The van der Waals surface area contributed by atoms with Crippen LogP contribution in [0.3, 0.4) is 0 Å². The van der Waals surface area contributed by atoms with Gasteiger partial charge in [0.25, 0.3) is 0 Å². The maximum atomic E-state index is 11.2. The first-order valence-electron chi connectivity index (χ1n) is 5.89. The minimum Gasteiger partial charge on any atom is -0.437 e. The number of rotatable bonds is 7. The number of furan rings is 1. The minimum absolute atomic E-state index is 0.0486. The Kier molecular flexibility index (Phi) is 5.22. The van der Waals surface area contributed by atoms with Crippen molar-refractivity contribution in [1.82, 2.24) is 0 Å². The molecule has 0 saturated heterocycles. The number of ketones is 1. The Balaban J connectivity index is 2.76. The fraction of sp³-hybridized carbons (Fsp3) is 0.615. The molecule has 1 aromatic heterocycles. The molecule has 0 unspecified atom stereocenters. The summed E-state index contributed by atoms with van der Waals surface area (Å²) in [6, 6.07) is 3.56. The number of hydrogen-bond acceptors (Lipinski definition) is 4. The van der Waals surface area contributed by atoms with Crippen LogP contribution in [-0.2, 0) is 4.74 Å². The third-order valence-electron chi connectivity index (χ3n) is 2.40. The molecule has 0 atom stereocenters. The molecule has 0 saturated carbocycles. The second kappa shape index (κ2) is 6.45. The van der Waals surface area contributed by atoms with Gasteiger partial charge >= 0.3 is 0 Å². The van der Waals surface area contributed by atoms with Crippen LogP contribution in [-0.4, -0.2) is 32.6 Å². The summed E-state index contributed by atoms with van der Waals surface area (Å²) in [5.41, 5.74) is 0. The van der Waals surface area contributed by atoms with E-state index in [9.17, 15) is 4.79 Å². The molecule has 1 aromatic rings. The third kappa shape index (κ3) is 4.23. The molecular formula is C13H21NO3. The highest BCUT2D eigenvalue weighted by Gasteiger charge is 2.14. The Morgan fingerprint density at radius 2 is 2.18 bits per heavy atom. The molecule has 0 aromatic carbocycles. The van der Waals surface area contributed by atoms with E-state index in [1.165, 1.54) is 6.92 Å². The van der Waals surface area contributed by atoms with Crippen LogP contribution in [0.5, 0.6) is 0 Å². The van der Waals surface area contributed by atoms with Gasteiger partial charge in [-0.15, -0.1) is 0 Å². The van der Waals surface area contributed by atoms with Crippen LogP contribution in [0.4, 0.5) is 5.88 Å². The maximum absolute atomic E-state index is 11.2. The van der Waals surface area contributed by atoms with Crippen molar-refractivity contribution in [3.8, 4) is 0 Å². The van der Waals surface area contributed by atoms with Crippen molar-refractivity contribution >= 4 is 11.7 Å². The molecule has 17 heavy (non-hydrogen) atoms. The highest BCUT2D eigenvalue weighted by atomic mass is 16.5. The molecule has 1 heterocycles. The van der Waals surface area contributed by atoms with E-state index in [1.54, 1.807) is 13.2 Å².